The van der Waals surface area contributed by atoms with Gasteiger partial charge in [-0.15, -0.1) is 0 Å². The highest BCUT2D eigenvalue weighted by molar-refractivity contribution is 7.99. The van der Waals surface area contributed by atoms with Crippen molar-refractivity contribution in [1.29, 1.82) is 0 Å². The number of methoxy groups -OCH3 is 1. The standard InChI is InChI=1S/C11H14ClNOS/c1-14-9-2-3-10(12)11(6-9)13-8-4-5-15-7-8/h2-3,6,8,13H,4-5,7H2,1H3. The van der Waals surface area contributed by atoms with Crippen molar-refractivity contribution in [2.24, 2.45) is 0 Å². The van der Waals surface area contributed by atoms with E-state index in [9.17, 15) is 0 Å². The van der Waals surface area contributed by atoms with Crippen LogP contribution in [0.2, 0.25) is 5.02 Å². The lowest BCUT2D eigenvalue weighted by atomic mass is 10.2. The first-order valence-corrected chi connectivity index (χ1v) is 6.50. The topological polar surface area (TPSA) is 21.3 Å². The monoisotopic (exact) mass is 243 g/mol. The van der Waals surface area contributed by atoms with E-state index in [2.05, 4.69) is 5.32 Å². The molecule has 15 heavy (non-hydrogen) atoms. The van der Waals surface area contributed by atoms with Gasteiger partial charge < -0.3 is 10.1 Å². The van der Waals surface area contributed by atoms with E-state index in [1.54, 1.807) is 7.11 Å². The average molecular weight is 244 g/mol. The fraction of sp³-hybridized carbons (Fsp3) is 0.455. The van der Waals surface area contributed by atoms with E-state index in [-0.39, 0.29) is 0 Å². The number of benzene rings is 1. The van der Waals surface area contributed by atoms with Crippen LogP contribution in [-0.2, 0) is 0 Å². The number of thioether (sulfide) groups is 1. The van der Waals surface area contributed by atoms with Crippen LogP contribution in [0, 0.1) is 0 Å². The predicted molar refractivity (Wildman–Crippen MR) is 67.4 cm³/mol. The molecule has 4 heteroatoms. The molecule has 0 spiro atoms. The van der Waals surface area contributed by atoms with Crippen LogP contribution in [0.15, 0.2) is 18.2 Å². The molecule has 1 unspecified atom stereocenters. The maximum Gasteiger partial charge on any atom is 0.121 e. The Kier molecular flexibility index (Phi) is 3.65. The molecule has 1 aliphatic heterocycles. The fourth-order valence-electron chi connectivity index (χ4n) is 1.61. The van der Waals surface area contributed by atoms with E-state index in [1.807, 2.05) is 30.0 Å². The van der Waals surface area contributed by atoms with Crippen LogP contribution in [0.1, 0.15) is 6.42 Å². The Balaban J connectivity index is 2.11. The van der Waals surface area contributed by atoms with Crippen LogP contribution in [0.3, 0.4) is 0 Å². The van der Waals surface area contributed by atoms with Gasteiger partial charge >= 0.3 is 0 Å². The van der Waals surface area contributed by atoms with E-state index in [0.29, 0.717) is 6.04 Å². The van der Waals surface area contributed by atoms with E-state index < -0.39 is 0 Å². The number of hydrogen-bond donors (Lipinski definition) is 1. The van der Waals surface area contributed by atoms with Crippen LogP contribution in [0.4, 0.5) is 5.69 Å². The highest BCUT2D eigenvalue weighted by Crippen LogP contribution is 2.29. The minimum Gasteiger partial charge on any atom is -0.497 e. The van der Waals surface area contributed by atoms with Crippen molar-refractivity contribution in [3.63, 3.8) is 0 Å². The average Bonchev–Trinajstić information content (AvgIpc) is 2.74. The molecule has 1 aliphatic rings. The van der Waals surface area contributed by atoms with E-state index in [0.717, 1.165) is 22.2 Å². The summed E-state index contributed by atoms with van der Waals surface area (Å²) < 4.78 is 5.17. The van der Waals surface area contributed by atoms with E-state index in [4.69, 9.17) is 16.3 Å². The first kappa shape index (κ1) is 11.0. The Hall–Kier alpha value is -0.540. The number of anilines is 1. The highest BCUT2D eigenvalue weighted by atomic mass is 35.5. The number of nitrogens with one attached hydrogen (secondary N) is 1. The van der Waals surface area contributed by atoms with Gasteiger partial charge in [0.25, 0.3) is 0 Å². The molecule has 0 amide bonds. The summed E-state index contributed by atoms with van der Waals surface area (Å²) in [5, 5.41) is 4.21. The maximum absolute atomic E-state index is 6.11. The second-order valence-corrected chi connectivity index (χ2v) is 5.11. The minimum atomic E-state index is 0.541. The van der Waals surface area contributed by atoms with Gasteiger partial charge in [-0.1, -0.05) is 11.6 Å². The summed E-state index contributed by atoms with van der Waals surface area (Å²) in [5.41, 5.74) is 0.975. The molecular weight excluding hydrogens is 230 g/mol. The van der Waals surface area contributed by atoms with Crippen molar-refractivity contribution in [3.8, 4) is 5.75 Å². The molecule has 2 rings (SSSR count). The van der Waals surface area contributed by atoms with Crippen LogP contribution in [0.25, 0.3) is 0 Å². The third kappa shape index (κ3) is 2.73. The summed E-state index contributed by atoms with van der Waals surface area (Å²) in [4.78, 5) is 0. The van der Waals surface area contributed by atoms with Crippen LogP contribution in [0.5, 0.6) is 5.75 Å². The zero-order valence-electron chi connectivity index (χ0n) is 8.63. The lowest BCUT2D eigenvalue weighted by Gasteiger charge is -2.15. The molecule has 0 radical (unpaired) electrons. The molecule has 82 valence electrons. The zero-order valence-corrected chi connectivity index (χ0v) is 10.2. The molecule has 1 heterocycles. The third-order valence-electron chi connectivity index (χ3n) is 2.46. The summed E-state index contributed by atoms with van der Waals surface area (Å²) in [6.45, 7) is 0. The molecule has 1 N–H and O–H groups in total. The maximum atomic E-state index is 6.11. The molecule has 0 aromatic heterocycles. The van der Waals surface area contributed by atoms with Crippen molar-refractivity contribution in [1.82, 2.24) is 0 Å². The van der Waals surface area contributed by atoms with Gasteiger partial charge in [-0.3, -0.25) is 0 Å². The summed E-state index contributed by atoms with van der Waals surface area (Å²) in [5.74, 6) is 3.24. The Bertz CT molecular complexity index is 339. The van der Waals surface area contributed by atoms with Crippen molar-refractivity contribution in [3.05, 3.63) is 23.2 Å². The molecule has 1 fully saturated rings. The summed E-state index contributed by atoms with van der Waals surface area (Å²) in [7, 11) is 1.67. The first-order chi connectivity index (χ1) is 7.29. The van der Waals surface area contributed by atoms with E-state index in [1.165, 1.54) is 12.2 Å². The summed E-state index contributed by atoms with van der Waals surface area (Å²) in [6, 6.07) is 6.23. The SMILES string of the molecule is COc1ccc(Cl)c(NC2CCSC2)c1. The number of hydrogen-bond acceptors (Lipinski definition) is 3. The molecule has 1 saturated heterocycles. The first-order valence-electron chi connectivity index (χ1n) is 4.97. The molecular formula is C11H14ClNOS. The number of ether oxygens (including phenoxy) is 1. The van der Waals surface area contributed by atoms with Crippen molar-refractivity contribution in [2.45, 2.75) is 12.5 Å². The Morgan fingerprint density at radius 2 is 2.40 bits per heavy atom. The van der Waals surface area contributed by atoms with Gasteiger partial charge in [-0.05, 0) is 24.3 Å². The second-order valence-electron chi connectivity index (χ2n) is 3.55. The van der Waals surface area contributed by atoms with Gasteiger partial charge in [0.2, 0.25) is 0 Å². The van der Waals surface area contributed by atoms with Crippen molar-refractivity contribution in [2.75, 3.05) is 23.9 Å². The third-order valence-corrected chi connectivity index (χ3v) is 3.95. The van der Waals surface area contributed by atoms with Crippen molar-refractivity contribution < 1.29 is 4.74 Å². The lowest BCUT2D eigenvalue weighted by molar-refractivity contribution is 0.415. The van der Waals surface area contributed by atoms with Crippen LogP contribution < -0.4 is 10.1 Å². The summed E-state index contributed by atoms with van der Waals surface area (Å²) >= 11 is 8.09. The highest BCUT2D eigenvalue weighted by Gasteiger charge is 2.16. The Labute approximate surface area is 99.3 Å². The molecule has 1 aromatic carbocycles. The molecule has 0 saturated carbocycles. The molecule has 0 bridgehead atoms. The van der Waals surface area contributed by atoms with Gasteiger partial charge in [0.15, 0.2) is 0 Å². The van der Waals surface area contributed by atoms with Crippen molar-refractivity contribution >= 4 is 29.1 Å². The second kappa shape index (κ2) is 4.99. The fourth-order valence-corrected chi connectivity index (χ4v) is 2.93. The Morgan fingerprint density at radius 3 is 3.07 bits per heavy atom. The lowest BCUT2D eigenvalue weighted by Crippen LogP contribution is -2.18. The zero-order chi connectivity index (χ0) is 10.7. The largest absolute Gasteiger partial charge is 0.497 e. The minimum absolute atomic E-state index is 0.541. The molecule has 1 atom stereocenters. The van der Waals surface area contributed by atoms with Gasteiger partial charge in [0, 0.05) is 17.9 Å². The van der Waals surface area contributed by atoms with E-state index >= 15 is 0 Å². The van der Waals surface area contributed by atoms with Crippen LogP contribution in [-0.4, -0.2) is 24.7 Å². The number of rotatable bonds is 3. The quantitative estimate of drug-likeness (QED) is 0.881. The normalized spacial score (nSPS) is 20.3. The smallest absolute Gasteiger partial charge is 0.121 e. The van der Waals surface area contributed by atoms with Crippen LogP contribution >= 0.6 is 23.4 Å². The van der Waals surface area contributed by atoms with Gasteiger partial charge in [0.05, 0.1) is 17.8 Å². The van der Waals surface area contributed by atoms with Gasteiger partial charge in [-0.2, -0.15) is 11.8 Å². The molecule has 2 nitrogen and oxygen atoms in total. The number of halogens is 1. The molecule has 1 aromatic rings. The van der Waals surface area contributed by atoms with Gasteiger partial charge in [-0.25, -0.2) is 0 Å². The summed E-state index contributed by atoms with van der Waals surface area (Å²) in [6.07, 6.45) is 1.21. The van der Waals surface area contributed by atoms with Gasteiger partial charge in [0.1, 0.15) is 5.75 Å². The predicted octanol–water partition coefficient (Wildman–Crippen LogP) is 3.27. The molecule has 0 aliphatic carbocycles. The Morgan fingerprint density at radius 1 is 1.53 bits per heavy atom.